The van der Waals surface area contributed by atoms with Crippen molar-refractivity contribution in [2.45, 2.75) is 20.0 Å². The first-order chi connectivity index (χ1) is 13.0. The van der Waals surface area contributed by atoms with E-state index in [4.69, 9.17) is 18.6 Å². The van der Waals surface area contributed by atoms with Crippen molar-refractivity contribution in [2.75, 3.05) is 14.2 Å². The van der Waals surface area contributed by atoms with E-state index in [1.165, 1.54) is 20.3 Å². The molecule has 0 aliphatic heterocycles. The van der Waals surface area contributed by atoms with Gasteiger partial charge < -0.3 is 18.6 Å². The lowest BCUT2D eigenvalue weighted by molar-refractivity contribution is 0.0473. The zero-order valence-corrected chi connectivity index (χ0v) is 15.4. The van der Waals surface area contributed by atoms with E-state index < -0.39 is 11.6 Å². The zero-order chi connectivity index (χ0) is 19.4. The highest BCUT2D eigenvalue weighted by atomic mass is 16.5. The van der Waals surface area contributed by atoms with Gasteiger partial charge in [-0.05, 0) is 36.2 Å². The molecule has 6 nitrogen and oxygen atoms in total. The van der Waals surface area contributed by atoms with Crippen LogP contribution in [-0.2, 0) is 17.8 Å². The van der Waals surface area contributed by atoms with Gasteiger partial charge in [0.05, 0.1) is 19.8 Å². The number of hydrogen-bond donors (Lipinski definition) is 0. The molecule has 3 aromatic rings. The summed E-state index contributed by atoms with van der Waals surface area (Å²) in [5, 5.41) is 0.743. The summed E-state index contributed by atoms with van der Waals surface area (Å²) in [6, 6.07) is 11.8. The maximum absolute atomic E-state index is 12.4. The van der Waals surface area contributed by atoms with Gasteiger partial charge in [-0.2, -0.15) is 0 Å². The smallest absolute Gasteiger partial charge is 0.338 e. The number of methoxy groups -OCH3 is 2. The van der Waals surface area contributed by atoms with Crippen molar-refractivity contribution in [2.24, 2.45) is 0 Å². The molecule has 0 bridgehead atoms. The second-order valence-electron chi connectivity index (χ2n) is 5.92. The van der Waals surface area contributed by atoms with Gasteiger partial charge in [0.2, 0.25) is 0 Å². The quantitative estimate of drug-likeness (QED) is 0.487. The minimum absolute atomic E-state index is 0.0409. The molecule has 0 amide bonds. The number of benzene rings is 2. The number of aryl methyl sites for hydroxylation is 1. The molecule has 0 saturated carbocycles. The summed E-state index contributed by atoms with van der Waals surface area (Å²) < 4.78 is 21.0. The third-order valence-corrected chi connectivity index (χ3v) is 4.28. The summed E-state index contributed by atoms with van der Waals surface area (Å²) in [5.41, 5.74) is 1.99. The van der Waals surface area contributed by atoms with Crippen LogP contribution in [-0.4, -0.2) is 20.2 Å². The van der Waals surface area contributed by atoms with E-state index in [9.17, 15) is 9.59 Å². The van der Waals surface area contributed by atoms with E-state index >= 15 is 0 Å². The molecular weight excluding hydrogens is 348 g/mol. The predicted molar refractivity (Wildman–Crippen MR) is 101 cm³/mol. The molecule has 0 spiro atoms. The summed E-state index contributed by atoms with van der Waals surface area (Å²) in [4.78, 5) is 24.2. The molecule has 0 saturated heterocycles. The molecule has 140 valence electrons. The Morgan fingerprint density at radius 2 is 1.78 bits per heavy atom. The third kappa shape index (κ3) is 3.95. The first kappa shape index (κ1) is 18.5. The first-order valence-electron chi connectivity index (χ1n) is 8.50. The minimum atomic E-state index is -0.525. The van der Waals surface area contributed by atoms with E-state index in [-0.39, 0.29) is 6.61 Å². The van der Waals surface area contributed by atoms with Crippen molar-refractivity contribution in [1.82, 2.24) is 0 Å². The first-order valence-corrected chi connectivity index (χ1v) is 8.50. The molecule has 1 aromatic heterocycles. The van der Waals surface area contributed by atoms with Gasteiger partial charge in [0.15, 0.2) is 11.5 Å². The van der Waals surface area contributed by atoms with Gasteiger partial charge in [-0.3, -0.25) is 0 Å². The SMILES string of the molecule is CCc1ccc2c(COC(=O)c3ccc(OC)c(OC)c3)cc(=O)oc2c1. The van der Waals surface area contributed by atoms with Crippen LogP contribution in [0.2, 0.25) is 0 Å². The Balaban J connectivity index is 1.84. The average molecular weight is 368 g/mol. The number of fused-ring (bicyclic) bond motifs is 1. The third-order valence-electron chi connectivity index (χ3n) is 4.28. The number of rotatable bonds is 6. The van der Waals surface area contributed by atoms with Crippen LogP contribution in [0.3, 0.4) is 0 Å². The fourth-order valence-corrected chi connectivity index (χ4v) is 2.80. The molecular formula is C21H20O6. The van der Waals surface area contributed by atoms with Crippen molar-refractivity contribution < 1.29 is 23.4 Å². The minimum Gasteiger partial charge on any atom is -0.493 e. The molecule has 1 heterocycles. The highest BCUT2D eigenvalue weighted by Crippen LogP contribution is 2.28. The number of carbonyl (C=O) groups excluding carboxylic acids is 1. The maximum atomic E-state index is 12.4. The Hall–Kier alpha value is -3.28. The lowest BCUT2D eigenvalue weighted by atomic mass is 10.1. The second-order valence-corrected chi connectivity index (χ2v) is 5.92. The number of carbonyl (C=O) groups is 1. The lowest BCUT2D eigenvalue weighted by Gasteiger charge is -2.10. The van der Waals surface area contributed by atoms with E-state index in [2.05, 4.69) is 0 Å². The Kier molecular flexibility index (Phi) is 5.45. The van der Waals surface area contributed by atoms with Crippen LogP contribution in [0.4, 0.5) is 0 Å². The molecule has 0 aliphatic carbocycles. The molecule has 0 aliphatic rings. The summed E-state index contributed by atoms with van der Waals surface area (Å²) in [6.07, 6.45) is 0.832. The number of ether oxygens (including phenoxy) is 3. The van der Waals surface area contributed by atoms with Crippen LogP contribution in [0.25, 0.3) is 11.0 Å². The van der Waals surface area contributed by atoms with E-state index in [0.717, 1.165) is 17.4 Å². The fraction of sp³-hybridized carbons (Fsp3) is 0.238. The standard InChI is InChI=1S/C21H20O6/c1-4-13-5-7-16-15(11-20(22)27-18(16)9-13)12-26-21(23)14-6-8-17(24-2)19(10-14)25-3/h5-11H,4,12H2,1-3H3. The van der Waals surface area contributed by atoms with Crippen molar-refractivity contribution in [1.29, 1.82) is 0 Å². The van der Waals surface area contributed by atoms with Crippen molar-refractivity contribution in [3.8, 4) is 11.5 Å². The van der Waals surface area contributed by atoms with Gasteiger partial charge in [0, 0.05) is 17.0 Å². The van der Waals surface area contributed by atoms with Crippen molar-refractivity contribution >= 4 is 16.9 Å². The van der Waals surface area contributed by atoms with Gasteiger partial charge in [-0.15, -0.1) is 0 Å². The van der Waals surface area contributed by atoms with E-state index in [0.29, 0.717) is 28.2 Å². The summed E-state index contributed by atoms with van der Waals surface area (Å²) in [7, 11) is 3.01. The molecule has 27 heavy (non-hydrogen) atoms. The van der Waals surface area contributed by atoms with Crippen LogP contribution in [0.5, 0.6) is 11.5 Å². The Morgan fingerprint density at radius 3 is 2.48 bits per heavy atom. The van der Waals surface area contributed by atoms with Crippen LogP contribution >= 0.6 is 0 Å². The normalized spacial score (nSPS) is 10.6. The summed E-state index contributed by atoms with van der Waals surface area (Å²) in [6.45, 7) is 1.98. The molecule has 0 N–H and O–H groups in total. The number of esters is 1. The Bertz CT molecular complexity index is 1030. The van der Waals surface area contributed by atoms with Crippen molar-refractivity contribution in [3.05, 3.63) is 69.6 Å². The molecule has 0 fully saturated rings. The fourth-order valence-electron chi connectivity index (χ4n) is 2.80. The van der Waals surface area contributed by atoms with Crippen LogP contribution in [0.1, 0.15) is 28.4 Å². The van der Waals surface area contributed by atoms with Crippen LogP contribution in [0, 0.1) is 0 Å². The summed E-state index contributed by atoms with van der Waals surface area (Å²) >= 11 is 0. The lowest BCUT2D eigenvalue weighted by Crippen LogP contribution is -2.08. The van der Waals surface area contributed by atoms with Crippen molar-refractivity contribution in [3.63, 3.8) is 0 Å². The Morgan fingerprint density at radius 1 is 1.00 bits per heavy atom. The van der Waals surface area contributed by atoms with E-state index in [1.54, 1.807) is 18.2 Å². The second kappa shape index (κ2) is 7.95. The molecule has 0 radical (unpaired) electrons. The van der Waals surface area contributed by atoms with Crippen LogP contribution < -0.4 is 15.1 Å². The maximum Gasteiger partial charge on any atom is 0.338 e. The van der Waals surface area contributed by atoms with E-state index in [1.807, 2.05) is 25.1 Å². The van der Waals surface area contributed by atoms with Gasteiger partial charge in [0.25, 0.3) is 0 Å². The zero-order valence-electron chi connectivity index (χ0n) is 15.4. The molecule has 2 aromatic carbocycles. The number of hydrogen-bond acceptors (Lipinski definition) is 6. The average Bonchev–Trinajstić information content (AvgIpc) is 2.70. The highest BCUT2D eigenvalue weighted by molar-refractivity contribution is 5.90. The molecule has 0 unspecified atom stereocenters. The molecule has 3 rings (SSSR count). The summed E-state index contributed by atoms with van der Waals surface area (Å²) in [5.74, 6) is 0.430. The van der Waals surface area contributed by atoms with Crippen LogP contribution in [0.15, 0.2) is 51.7 Å². The monoisotopic (exact) mass is 368 g/mol. The topological polar surface area (TPSA) is 75.0 Å². The van der Waals surface area contributed by atoms with Gasteiger partial charge in [-0.25, -0.2) is 9.59 Å². The van der Waals surface area contributed by atoms with Gasteiger partial charge in [-0.1, -0.05) is 19.1 Å². The Labute approximate surface area is 156 Å². The largest absolute Gasteiger partial charge is 0.493 e. The van der Waals surface area contributed by atoms with Gasteiger partial charge >= 0.3 is 11.6 Å². The van der Waals surface area contributed by atoms with Gasteiger partial charge in [0.1, 0.15) is 12.2 Å². The molecule has 0 atom stereocenters. The highest BCUT2D eigenvalue weighted by Gasteiger charge is 2.14. The predicted octanol–water partition coefficient (Wildman–Crippen LogP) is 3.73. The molecule has 6 heteroatoms.